The first-order chi connectivity index (χ1) is 19.1. The summed E-state index contributed by atoms with van der Waals surface area (Å²) in [5.41, 5.74) is 0.622. The zero-order valence-corrected chi connectivity index (χ0v) is 22.1. The van der Waals surface area contributed by atoms with Gasteiger partial charge in [-0.05, 0) is 68.0 Å². The lowest BCUT2D eigenvalue weighted by Crippen LogP contribution is -2.41. The van der Waals surface area contributed by atoms with Crippen molar-refractivity contribution in [1.29, 1.82) is 0 Å². The molecule has 0 aliphatic carbocycles. The summed E-state index contributed by atoms with van der Waals surface area (Å²) in [5, 5.41) is 31.5. The second-order valence-electron chi connectivity index (χ2n) is 10.2. The van der Waals surface area contributed by atoms with Gasteiger partial charge in [0.15, 0.2) is 0 Å². The van der Waals surface area contributed by atoms with E-state index in [9.17, 15) is 33.3 Å². The van der Waals surface area contributed by atoms with Crippen LogP contribution in [0.3, 0.4) is 0 Å². The summed E-state index contributed by atoms with van der Waals surface area (Å²) in [4.78, 5) is 18.1. The average Bonchev–Trinajstić information content (AvgIpc) is 2.92. The Bertz CT molecular complexity index is 1420. The molecule has 1 fully saturated rings. The smallest absolute Gasteiger partial charge is 0.303 e. The van der Waals surface area contributed by atoms with Crippen molar-refractivity contribution in [3.05, 3.63) is 70.7 Å². The largest absolute Gasteiger partial charge is 0.497 e. The highest BCUT2D eigenvalue weighted by Crippen LogP contribution is 2.42. The van der Waals surface area contributed by atoms with Gasteiger partial charge < -0.3 is 20.1 Å². The molecule has 0 saturated carbocycles. The molecule has 2 aromatic carbocycles. The van der Waals surface area contributed by atoms with E-state index in [1.54, 1.807) is 18.2 Å². The third-order valence-corrected chi connectivity index (χ3v) is 7.62. The van der Waals surface area contributed by atoms with Crippen LogP contribution in [0.15, 0.2) is 36.5 Å². The lowest BCUT2D eigenvalue weighted by Gasteiger charge is -2.41. The van der Waals surface area contributed by atoms with Crippen molar-refractivity contribution >= 4 is 16.9 Å². The molecule has 212 valence electrons. The molecule has 0 spiro atoms. The lowest BCUT2D eigenvalue weighted by molar-refractivity contribution is -0.141. The molecule has 0 radical (unpaired) electrons. The Morgan fingerprint density at radius 1 is 1.18 bits per heavy atom. The fourth-order valence-electron chi connectivity index (χ4n) is 5.39. The van der Waals surface area contributed by atoms with Crippen molar-refractivity contribution in [3.63, 3.8) is 0 Å². The van der Waals surface area contributed by atoms with Crippen LogP contribution in [0.5, 0.6) is 5.75 Å². The fourth-order valence-corrected chi connectivity index (χ4v) is 5.39. The number of aliphatic hydroxyl groups is 2. The topological polar surface area (TPSA) is 103 Å². The van der Waals surface area contributed by atoms with E-state index >= 15 is 0 Å². The van der Waals surface area contributed by atoms with Crippen LogP contribution in [-0.2, 0) is 11.4 Å². The van der Waals surface area contributed by atoms with E-state index in [4.69, 9.17) is 4.74 Å². The quantitative estimate of drug-likeness (QED) is 0.332. The number of methoxy groups -OCH3 is 1. The maximum Gasteiger partial charge on any atom is 0.303 e. The van der Waals surface area contributed by atoms with Gasteiger partial charge in [0.25, 0.3) is 0 Å². The summed E-state index contributed by atoms with van der Waals surface area (Å²) < 4.78 is 46.1. The van der Waals surface area contributed by atoms with Gasteiger partial charge in [-0.1, -0.05) is 11.8 Å². The third kappa shape index (κ3) is 6.73. The van der Waals surface area contributed by atoms with Crippen molar-refractivity contribution in [2.24, 2.45) is 5.41 Å². The molecule has 1 aromatic heterocycles. The van der Waals surface area contributed by atoms with Gasteiger partial charge in [-0.2, -0.15) is 0 Å². The predicted molar refractivity (Wildman–Crippen MR) is 142 cm³/mol. The number of ether oxygens (including phenoxy) is 1. The van der Waals surface area contributed by atoms with Gasteiger partial charge in [-0.25, -0.2) is 13.2 Å². The minimum Gasteiger partial charge on any atom is -0.497 e. The van der Waals surface area contributed by atoms with Crippen LogP contribution in [0.4, 0.5) is 13.2 Å². The van der Waals surface area contributed by atoms with Gasteiger partial charge in [0.2, 0.25) is 0 Å². The number of pyridine rings is 1. The molecule has 0 unspecified atom stereocenters. The highest BCUT2D eigenvalue weighted by Gasteiger charge is 2.37. The summed E-state index contributed by atoms with van der Waals surface area (Å²) in [7, 11) is 1.54. The monoisotopic (exact) mass is 556 g/mol. The molecule has 0 amide bonds. The number of benzene rings is 2. The molecular weight excluding hydrogens is 525 g/mol. The molecule has 40 heavy (non-hydrogen) atoms. The van der Waals surface area contributed by atoms with Gasteiger partial charge in [-0.15, -0.1) is 0 Å². The Labute approximate surface area is 230 Å². The molecule has 1 saturated heterocycles. The van der Waals surface area contributed by atoms with Crippen LogP contribution in [-0.4, -0.2) is 57.9 Å². The first kappa shape index (κ1) is 29.3. The van der Waals surface area contributed by atoms with Crippen LogP contribution >= 0.6 is 0 Å². The van der Waals surface area contributed by atoms with E-state index in [0.717, 1.165) is 0 Å². The molecular formula is C30H31F3N2O5. The number of carbonyl (C=O) groups is 1. The third-order valence-electron chi connectivity index (χ3n) is 7.62. The van der Waals surface area contributed by atoms with Crippen molar-refractivity contribution in [3.8, 4) is 17.6 Å². The molecule has 2 heterocycles. The molecule has 10 heteroatoms. The summed E-state index contributed by atoms with van der Waals surface area (Å²) in [6.45, 7) is 0.939. The van der Waals surface area contributed by atoms with Gasteiger partial charge in [0, 0.05) is 29.3 Å². The molecule has 4 rings (SSSR count). The number of hydrogen-bond acceptors (Lipinski definition) is 6. The van der Waals surface area contributed by atoms with E-state index in [-0.39, 0.29) is 26.0 Å². The normalized spacial score (nSPS) is 15.8. The number of piperidine rings is 1. The lowest BCUT2D eigenvalue weighted by atomic mass is 9.71. The van der Waals surface area contributed by atoms with Gasteiger partial charge in [0.1, 0.15) is 23.2 Å². The second kappa shape index (κ2) is 12.7. The van der Waals surface area contributed by atoms with Crippen LogP contribution in [0.2, 0.25) is 0 Å². The molecule has 1 aliphatic rings. The van der Waals surface area contributed by atoms with E-state index in [1.807, 2.05) is 4.90 Å². The van der Waals surface area contributed by atoms with Crippen molar-refractivity contribution in [2.75, 3.05) is 26.7 Å². The van der Waals surface area contributed by atoms with E-state index < -0.39 is 40.5 Å². The number of rotatable bonds is 9. The van der Waals surface area contributed by atoms with Crippen LogP contribution in [0.1, 0.15) is 54.9 Å². The average molecular weight is 557 g/mol. The van der Waals surface area contributed by atoms with Gasteiger partial charge in [-0.3, -0.25) is 14.7 Å². The van der Waals surface area contributed by atoms with E-state index in [2.05, 4.69) is 16.8 Å². The number of carboxylic acids is 1. The highest BCUT2D eigenvalue weighted by molar-refractivity contribution is 5.85. The van der Waals surface area contributed by atoms with Crippen molar-refractivity contribution in [1.82, 2.24) is 9.88 Å². The zero-order chi connectivity index (χ0) is 28.9. The van der Waals surface area contributed by atoms with Gasteiger partial charge in [0.05, 0.1) is 43.9 Å². The Kier molecular flexibility index (Phi) is 9.30. The van der Waals surface area contributed by atoms with Gasteiger partial charge >= 0.3 is 5.97 Å². The van der Waals surface area contributed by atoms with Crippen LogP contribution in [0, 0.1) is 34.7 Å². The first-order valence-corrected chi connectivity index (χ1v) is 13.0. The summed E-state index contributed by atoms with van der Waals surface area (Å²) >= 11 is 0. The molecule has 3 aromatic rings. The first-order valence-electron chi connectivity index (χ1n) is 13.0. The summed E-state index contributed by atoms with van der Waals surface area (Å²) in [6, 6.07) is 6.46. The molecule has 0 bridgehead atoms. The number of aliphatic hydroxyl groups excluding tert-OH is 2. The number of nitrogens with zero attached hydrogens (tertiary/aromatic N) is 2. The Morgan fingerprint density at radius 3 is 2.50 bits per heavy atom. The Hall–Kier alpha value is -3.65. The number of halogens is 3. The number of hydrogen-bond donors (Lipinski definition) is 3. The Morgan fingerprint density at radius 2 is 1.88 bits per heavy atom. The second-order valence-corrected chi connectivity index (χ2v) is 10.2. The summed E-state index contributed by atoms with van der Waals surface area (Å²) in [6.07, 6.45) is 2.28. The van der Waals surface area contributed by atoms with Crippen LogP contribution < -0.4 is 4.74 Å². The maximum atomic E-state index is 13.8. The van der Waals surface area contributed by atoms with Crippen molar-refractivity contribution < 1.29 is 38.0 Å². The van der Waals surface area contributed by atoms with E-state index in [0.29, 0.717) is 72.3 Å². The standard InChI is InChI=1S/C30H31F3N2O5/c1-40-21-4-5-26-23(15-21)29(19(18-36)17-34-26)27(37)6-7-30(16-28(38)39)8-11-35(12-9-30)10-2-3-22-24(32)13-20(31)14-25(22)33/h4-5,13-15,17,27,36-37H,6-12,16,18H2,1H3,(H,38,39)/t27-/m1/s1. The molecule has 1 aliphatic heterocycles. The summed E-state index contributed by atoms with van der Waals surface area (Å²) in [5.74, 6) is 1.67. The SMILES string of the molecule is COc1ccc2ncc(CO)c([C@H](O)CCC3(CC(=O)O)CCN(CC#Cc4c(F)cc(F)cc4F)CC3)c2c1. The minimum atomic E-state index is -1.06. The zero-order valence-electron chi connectivity index (χ0n) is 22.1. The minimum absolute atomic E-state index is 0.0665. The number of fused-ring (bicyclic) bond motifs is 1. The highest BCUT2D eigenvalue weighted by atomic mass is 19.1. The maximum absolute atomic E-state index is 13.8. The molecule has 3 N–H and O–H groups in total. The Balaban J connectivity index is 1.46. The van der Waals surface area contributed by atoms with Crippen molar-refractivity contribution in [2.45, 2.75) is 44.8 Å². The number of carboxylic acid groups (broad SMARTS) is 1. The molecule has 1 atom stereocenters. The molecule has 7 nitrogen and oxygen atoms in total. The number of aliphatic carboxylic acids is 1. The number of likely N-dealkylation sites (tertiary alicyclic amines) is 1. The van der Waals surface area contributed by atoms with Crippen LogP contribution in [0.25, 0.3) is 10.9 Å². The number of aromatic nitrogens is 1. The van der Waals surface area contributed by atoms with E-state index in [1.165, 1.54) is 13.3 Å². The fraction of sp³-hybridized carbons (Fsp3) is 0.400. The predicted octanol–water partition coefficient (Wildman–Crippen LogP) is 4.58.